The first-order valence-corrected chi connectivity index (χ1v) is 10.1. The lowest BCUT2D eigenvalue weighted by atomic mass is 9.77. The van der Waals surface area contributed by atoms with Gasteiger partial charge in [-0.05, 0) is 42.9 Å². The number of likely N-dealkylation sites (tertiary alicyclic amines) is 1. The molecule has 6 heteroatoms. The fraction of sp³-hybridized carbons (Fsp3) is 0.591. The third-order valence-corrected chi connectivity index (χ3v) is 6.51. The number of benzene rings is 1. The smallest absolute Gasteiger partial charge is 0.337 e. The summed E-state index contributed by atoms with van der Waals surface area (Å²) in [6.07, 6.45) is 3.61. The first-order valence-electron chi connectivity index (χ1n) is 10.1. The van der Waals surface area contributed by atoms with Crippen LogP contribution in [0.15, 0.2) is 18.2 Å². The lowest BCUT2D eigenvalue weighted by Gasteiger charge is -2.40. The van der Waals surface area contributed by atoms with Crippen LogP contribution < -0.4 is 5.32 Å². The molecule has 0 aromatic heterocycles. The standard InChI is InChI=1S/C22H30N2O4/c1-13-6-5-7-19(15(13)3)24-12-17(11-20(24)25)21(26)23-18-10-16(22(27)28-4)9-8-14(18)2/h8-10,13,15,17,19H,5-7,11-12H2,1-4H3,(H,23,26). The molecule has 1 aliphatic heterocycles. The molecule has 28 heavy (non-hydrogen) atoms. The number of hydrogen-bond donors (Lipinski definition) is 1. The Hall–Kier alpha value is -2.37. The topological polar surface area (TPSA) is 75.7 Å². The first kappa shape index (κ1) is 20.4. The molecule has 6 nitrogen and oxygen atoms in total. The predicted molar refractivity (Wildman–Crippen MR) is 107 cm³/mol. The van der Waals surface area contributed by atoms with Crippen molar-refractivity contribution in [1.29, 1.82) is 0 Å². The molecule has 3 rings (SSSR count). The number of methoxy groups -OCH3 is 1. The highest BCUT2D eigenvalue weighted by Crippen LogP contribution is 2.36. The van der Waals surface area contributed by atoms with Gasteiger partial charge in [0.1, 0.15) is 0 Å². The minimum absolute atomic E-state index is 0.0751. The summed E-state index contributed by atoms with van der Waals surface area (Å²) in [6, 6.07) is 5.30. The van der Waals surface area contributed by atoms with Crippen molar-refractivity contribution in [2.75, 3.05) is 19.0 Å². The molecule has 4 unspecified atom stereocenters. The lowest BCUT2D eigenvalue weighted by Crippen LogP contribution is -2.45. The minimum Gasteiger partial charge on any atom is -0.465 e. The molecule has 2 aliphatic rings. The Morgan fingerprint density at radius 1 is 1.21 bits per heavy atom. The molecule has 1 aromatic rings. The number of aryl methyl sites for hydroxylation is 1. The van der Waals surface area contributed by atoms with Gasteiger partial charge in [0, 0.05) is 24.7 Å². The molecule has 0 bridgehead atoms. The van der Waals surface area contributed by atoms with E-state index in [9.17, 15) is 14.4 Å². The van der Waals surface area contributed by atoms with Crippen molar-refractivity contribution >= 4 is 23.5 Å². The molecule has 1 saturated carbocycles. The Labute approximate surface area is 166 Å². The number of anilines is 1. The Morgan fingerprint density at radius 2 is 1.96 bits per heavy atom. The number of nitrogens with zero attached hydrogens (tertiary/aromatic N) is 1. The van der Waals surface area contributed by atoms with Gasteiger partial charge in [-0.15, -0.1) is 0 Å². The average molecular weight is 386 g/mol. The van der Waals surface area contributed by atoms with Gasteiger partial charge in [-0.1, -0.05) is 32.8 Å². The van der Waals surface area contributed by atoms with Crippen LogP contribution in [0, 0.1) is 24.7 Å². The molecule has 1 heterocycles. The third-order valence-electron chi connectivity index (χ3n) is 6.51. The molecule has 1 N–H and O–H groups in total. The summed E-state index contributed by atoms with van der Waals surface area (Å²) in [5.41, 5.74) is 1.83. The Balaban J connectivity index is 1.69. The largest absolute Gasteiger partial charge is 0.465 e. The predicted octanol–water partition coefficient (Wildman–Crippen LogP) is 3.39. The zero-order chi connectivity index (χ0) is 20.4. The van der Waals surface area contributed by atoms with E-state index in [0.717, 1.165) is 18.4 Å². The molecule has 1 aliphatic carbocycles. The van der Waals surface area contributed by atoms with Crippen LogP contribution >= 0.6 is 0 Å². The maximum absolute atomic E-state index is 12.8. The van der Waals surface area contributed by atoms with Gasteiger partial charge in [0.15, 0.2) is 0 Å². The lowest BCUT2D eigenvalue weighted by molar-refractivity contribution is -0.131. The van der Waals surface area contributed by atoms with Crippen molar-refractivity contribution in [3.8, 4) is 0 Å². The first-order chi connectivity index (χ1) is 13.3. The summed E-state index contributed by atoms with van der Waals surface area (Å²) < 4.78 is 4.75. The zero-order valence-corrected chi connectivity index (χ0v) is 17.2. The Kier molecular flexibility index (Phi) is 6.06. The average Bonchev–Trinajstić information content (AvgIpc) is 3.06. The molecule has 2 fully saturated rings. The normalized spacial score (nSPS) is 27.6. The van der Waals surface area contributed by atoms with E-state index >= 15 is 0 Å². The van der Waals surface area contributed by atoms with E-state index in [1.807, 2.05) is 11.8 Å². The van der Waals surface area contributed by atoms with Crippen molar-refractivity contribution < 1.29 is 19.1 Å². The highest BCUT2D eigenvalue weighted by atomic mass is 16.5. The summed E-state index contributed by atoms with van der Waals surface area (Å²) in [7, 11) is 1.33. The third kappa shape index (κ3) is 4.05. The fourth-order valence-corrected chi connectivity index (χ4v) is 4.46. The van der Waals surface area contributed by atoms with Gasteiger partial charge in [0.25, 0.3) is 0 Å². The number of hydrogen-bond acceptors (Lipinski definition) is 4. The molecule has 2 amide bonds. The molecule has 1 aromatic carbocycles. The van der Waals surface area contributed by atoms with Gasteiger partial charge in [-0.25, -0.2) is 4.79 Å². The summed E-state index contributed by atoms with van der Waals surface area (Å²) >= 11 is 0. The number of amides is 2. The van der Waals surface area contributed by atoms with E-state index in [4.69, 9.17) is 4.74 Å². The SMILES string of the molecule is COC(=O)c1ccc(C)c(NC(=O)C2CC(=O)N(C3CCCC(C)C3C)C2)c1. The van der Waals surface area contributed by atoms with Crippen LogP contribution in [0.1, 0.15) is 55.5 Å². The van der Waals surface area contributed by atoms with Crippen LogP contribution in [0.25, 0.3) is 0 Å². The summed E-state index contributed by atoms with van der Waals surface area (Å²) in [6.45, 7) is 6.81. The van der Waals surface area contributed by atoms with E-state index in [1.165, 1.54) is 13.5 Å². The van der Waals surface area contributed by atoms with Crippen LogP contribution in [0.3, 0.4) is 0 Å². The number of esters is 1. The number of ether oxygens (including phenoxy) is 1. The Morgan fingerprint density at radius 3 is 2.68 bits per heavy atom. The molecular weight excluding hydrogens is 356 g/mol. The van der Waals surface area contributed by atoms with E-state index in [1.54, 1.807) is 18.2 Å². The van der Waals surface area contributed by atoms with Crippen LogP contribution in [0.2, 0.25) is 0 Å². The second kappa shape index (κ2) is 8.33. The van der Waals surface area contributed by atoms with Crippen molar-refractivity contribution in [3.05, 3.63) is 29.3 Å². The van der Waals surface area contributed by atoms with Crippen molar-refractivity contribution in [1.82, 2.24) is 4.90 Å². The summed E-state index contributed by atoms with van der Waals surface area (Å²) in [5.74, 6) is 0.154. The van der Waals surface area contributed by atoms with Gasteiger partial charge in [0.05, 0.1) is 18.6 Å². The summed E-state index contributed by atoms with van der Waals surface area (Å²) in [5, 5.41) is 2.91. The second-order valence-electron chi connectivity index (χ2n) is 8.29. The van der Waals surface area contributed by atoms with Crippen molar-refractivity contribution in [2.24, 2.45) is 17.8 Å². The highest BCUT2D eigenvalue weighted by Gasteiger charge is 2.41. The molecule has 152 valence electrons. The zero-order valence-electron chi connectivity index (χ0n) is 17.2. The molecule has 0 radical (unpaired) electrons. The van der Waals surface area contributed by atoms with Gasteiger partial charge < -0.3 is 15.0 Å². The minimum atomic E-state index is -0.446. The van der Waals surface area contributed by atoms with Crippen molar-refractivity contribution in [2.45, 2.75) is 52.5 Å². The van der Waals surface area contributed by atoms with Gasteiger partial charge in [0.2, 0.25) is 11.8 Å². The quantitative estimate of drug-likeness (QED) is 0.805. The Bertz CT molecular complexity index is 776. The van der Waals surface area contributed by atoms with E-state index in [0.29, 0.717) is 29.6 Å². The fourth-order valence-electron chi connectivity index (χ4n) is 4.46. The van der Waals surface area contributed by atoms with E-state index in [2.05, 4.69) is 19.2 Å². The number of nitrogens with one attached hydrogen (secondary N) is 1. The van der Waals surface area contributed by atoms with Crippen molar-refractivity contribution in [3.63, 3.8) is 0 Å². The number of carbonyl (C=O) groups is 3. The summed E-state index contributed by atoms with van der Waals surface area (Å²) in [4.78, 5) is 39.1. The maximum Gasteiger partial charge on any atom is 0.337 e. The van der Waals surface area contributed by atoms with E-state index in [-0.39, 0.29) is 30.2 Å². The molecular formula is C22H30N2O4. The van der Waals surface area contributed by atoms with Crippen LogP contribution in [-0.4, -0.2) is 42.4 Å². The monoisotopic (exact) mass is 386 g/mol. The number of carbonyl (C=O) groups excluding carboxylic acids is 3. The van der Waals surface area contributed by atoms with Crippen LogP contribution in [0.4, 0.5) is 5.69 Å². The maximum atomic E-state index is 12.8. The van der Waals surface area contributed by atoms with Crippen LogP contribution in [0.5, 0.6) is 0 Å². The highest BCUT2D eigenvalue weighted by molar-refractivity contribution is 5.99. The molecule has 4 atom stereocenters. The number of rotatable bonds is 4. The van der Waals surface area contributed by atoms with Crippen LogP contribution in [-0.2, 0) is 14.3 Å². The molecule has 0 spiro atoms. The molecule has 1 saturated heterocycles. The van der Waals surface area contributed by atoms with Gasteiger partial charge in [-0.3, -0.25) is 9.59 Å². The van der Waals surface area contributed by atoms with Gasteiger partial charge in [-0.2, -0.15) is 0 Å². The van der Waals surface area contributed by atoms with E-state index < -0.39 is 5.97 Å². The second-order valence-corrected chi connectivity index (χ2v) is 8.29. The van der Waals surface area contributed by atoms with Gasteiger partial charge >= 0.3 is 5.97 Å².